The van der Waals surface area contributed by atoms with Crippen molar-refractivity contribution in [3.05, 3.63) is 47.0 Å². The molecule has 166 valence electrons. The lowest BCUT2D eigenvalue weighted by Gasteiger charge is -2.16. The number of likely N-dealkylation sites (tertiary alicyclic amines) is 1. The zero-order valence-corrected chi connectivity index (χ0v) is 18.6. The highest BCUT2D eigenvalue weighted by atomic mass is 32.2. The Bertz CT molecular complexity index is 1070. The molecule has 2 N–H and O–H groups in total. The number of fused-ring (bicyclic) bond motifs is 1. The predicted molar refractivity (Wildman–Crippen MR) is 123 cm³/mol. The molecule has 3 heterocycles. The first kappa shape index (κ1) is 23.1. The number of hydrogen-bond acceptors (Lipinski definition) is 6. The Labute approximate surface area is 185 Å². The van der Waals surface area contributed by atoms with E-state index in [-0.39, 0.29) is 12.0 Å². The van der Waals surface area contributed by atoms with Crippen LogP contribution in [-0.2, 0) is 16.1 Å². The Hall–Kier alpha value is -2.62. The molecule has 1 aliphatic rings. The van der Waals surface area contributed by atoms with Gasteiger partial charge in [0.15, 0.2) is 0 Å². The Morgan fingerprint density at radius 1 is 1.39 bits per heavy atom. The van der Waals surface area contributed by atoms with E-state index in [1.54, 1.807) is 25.1 Å². The maximum absolute atomic E-state index is 12.8. The van der Waals surface area contributed by atoms with Crippen LogP contribution in [0.5, 0.6) is 0 Å². The first-order chi connectivity index (χ1) is 15.1. The van der Waals surface area contributed by atoms with Crippen molar-refractivity contribution < 1.29 is 14.6 Å². The van der Waals surface area contributed by atoms with Crippen molar-refractivity contribution in [3.63, 3.8) is 0 Å². The van der Waals surface area contributed by atoms with Crippen molar-refractivity contribution in [2.24, 2.45) is 5.92 Å². The third kappa shape index (κ3) is 5.75. The number of thioether (sulfide) groups is 1. The van der Waals surface area contributed by atoms with Crippen molar-refractivity contribution in [2.75, 3.05) is 39.6 Å². The molecule has 1 unspecified atom stereocenters. The number of benzene rings is 1. The maximum atomic E-state index is 12.8. The zero-order valence-electron chi connectivity index (χ0n) is 17.8. The highest BCUT2D eigenvalue weighted by Gasteiger charge is 2.23. The molecule has 0 aliphatic carbocycles. The summed E-state index contributed by atoms with van der Waals surface area (Å²) >= 11 is 1.67. The van der Waals surface area contributed by atoms with Crippen LogP contribution < -0.4 is 5.56 Å². The molecule has 31 heavy (non-hydrogen) atoms. The summed E-state index contributed by atoms with van der Waals surface area (Å²) in [5, 5.41) is 7.91. The van der Waals surface area contributed by atoms with Crippen LogP contribution in [0.25, 0.3) is 22.3 Å². The molecular weight excluding hydrogens is 416 g/mol. The molecule has 0 spiro atoms. The summed E-state index contributed by atoms with van der Waals surface area (Å²) in [6, 6.07) is 8.11. The molecule has 1 atom stereocenters. The number of rotatable bonds is 7. The van der Waals surface area contributed by atoms with E-state index in [0.29, 0.717) is 11.5 Å². The van der Waals surface area contributed by atoms with E-state index >= 15 is 0 Å². The number of pyridine rings is 1. The minimum absolute atomic E-state index is 0.0913. The van der Waals surface area contributed by atoms with E-state index in [0.717, 1.165) is 60.8 Å². The zero-order chi connectivity index (χ0) is 22.2. The minimum Gasteiger partial charge on any atom is -0.483 e. The maximum Gasteiger partial charge on any atom is 0.290 e. The number of carbonyl (C=O) groups is 1. The Morgan fingerprint density at radius 3 is 2.94 bits per heavy atom. The average molecular weight is 445 g/mol. The lowest BCUT2D eigenvalue weighted by molar-refractivity contribution is -0.122. The molecule has 4 rings (SSSR count). The lowest BCUT2D eigenvalue weighted by atomic mass is 10.1. The molecule has 8 nitrogen and oxygen atoms in total. The molecule has 2 aromatic heterocycles. The third-order valence-corrected chi connectivity index (χ3v) is 6.17. The first-order valence-corrected chi connectivity index (χ1v) is 11.3. The van der Waals surface area contributed by atoms with Crippen molar-refractivity contribution in [1.29, 1.82) is 0 Å². The van der Waals surface area contributed by atoms with Crippen LogP contribution in [0.4, 0.5) is 0 Å². The molecule has 0 saturated carbocycles. The molecule has 1 aromatic carbocycles. The molecule has 3 aromatic rings. The number of imidazole rings is 1. The van der Waals surface area contributed by atoms with Gasteiger partial charge >= 0.3 is 0 Å². The quantitative estimate of drug-likeness (QED) is 0.427. The van der Waals surface area contributed by atoms with Gasteiger partial charge < -0.3 is 24.3 Å². The van der Waals surface area contributed by atoms with E-state index in [1.165, 1.54) is 0 Å². The molecular formula is C22H28N4O4S. The number of methoxy groups -OCH3 is 1. The summed E-state index contributed by atoms with van der Waals surface area (Å²) in [4.78, 5) is 32.2. The fourth-order valence-electron chi connectivity index (χ4n) is 3.94. The van der Waals surface area contributed by atoms with Crippen LogP contribution in [-0.4, -0.2) is 70.6 Å². The van der Waals surface area contributed by atoms with Crippen LogP contribution in [0.1, 0.15) is 6.42 Å². The SMILES string of the molecule is COCCN1CCC(Cn2ccnc2-c2cc3ccc(SC)cc3[nH]c2=O)C1.O=CO. The second-order valence-electron chi connectivity index (χ2n) is 7.42. The first-order valence-electron chi connectivity index (χ1n) is 10.1. The Morgan fingerprint density at radius 2 is 2.19 bits per heavy atom. The number of nitrogens with zero attached hydrogens (tertiary/aromatic N) is 3. The van der Waals surface area contributed by atoms with Gasteiger partial charge in [0, 0.05) is 49.5 Å². The molecule has 1 aliphatic heterocycles. The minimum atomic E-state index is -0.250. The fraction of sp³-hybridized carbons (Fsp3) is 0.409. The van der Waals surface area contributed by atoms with Gasteiger partial charge in [-0.05, 0) is 48.7 Å². The van der Waals surface area contributed by atoms with E-state index in [9.17, 15) is 4.79 Å². The molecule has 1 fully saturated rings. The Kier molecular flexibility index (Phi) is 8.27. The highest BCUT2D eigenvalue weighted by Crippen LogP contribution is 2.24. The fourth-order valence-corrected chi connectivity index (χ4v) is 4.38. The van der Waals surface area contributed by atoms with E-state index < -0.39 is 0 Å². The van der Waals surface area contributed by atoms with Gasteiger partial charge in [-0.3, -0.25) is 9.59 Å². The number of H-pyrrole nitrogens is 1. The van der Waals surface area contributed by atoms with Crippen molar-refractivity contribution in [3.8, 4) is 11.4 Å². The van der Waals surface area contributed by atoms with Crippen molar-refractivity contribution in [2.45, 2.75) is 17.9 Å². The van der Waals surface area contributed by atoms with Gasteiger partial charge in [0.05, 0.1) is 12.2 Å². The topological polar surface area (TPSA) is 100 Å². The summed E-state index contributed by atoms with van der Waals surface area (Å²) in [5.41, 5.74) is 1.40. The number of aromatic nitrogens is 3. The number of carboxylic acid groups (broad SMARTS) is 1. The molecule has 0 bridgehead atoms. The lowest BCUT2D eigenvalue weighted by Crippen LogP contribution is -2.25. The molecule has 9 heteroatoms. The number of aromatic amines is 1. The molecule has 1 saturated heterocycles. The van der Waals surface area contributed by atoms with Crippen LogP contribution in [0.2, 0.25) is 0 Å². The van der Waals surface area contributed by atoms with Gasteiger partial charge in [0.2, 0.25) is 0 Å². The number of ether oxygens (including phenoxy) is 1. The standard InChI is InChI=1S/C21H26N4O2S.CH2O2/c1-27-10-9-24-7-5-15(13-24)14-25-8-6-22-20(25)18-11-16-3-4-17(28-2)12-19(16)23-21(18)26;2-1-3/h3-4,6,8,11-12,15H,5,7,9-10,13-14H2,1-2H3,(H,23,26);1H,(H,2,3). The van der Waals surface area contributed by atoms with Gasteiger partial charge in [0.25, 0.3) is 12.0 Å². The van der Waals surface area contributed by atoms with Crippen LogP contribution in [0, 0.1) is 5.92 Å². The second kappa shape index (κ2) is 11.1. The number of hydrogen-bond donors (Lipinski definition) is 2. The van der Waals surface area contributed by atoms with Gasteiger partial charge in [-0.2, -0.15) is 0 Å². The summed E-state index contributed by atoms with van der Waals surface area (Å²) in [7, 11) is 1.74. The normalized spacial score (nSPS) is 16.3. The van der Waals surface area contributed by atoms with E-state index in [1.807, 2.05) is 24.6 Å². The summed E-state index contributed by atoms with van der Waals surface area (Å²) < 4.78 is 7.31. The van der Waals surface area contributed by atoms with Gasteiger partial charge in [-0.15, -0.1) is 11.8 Å². The van der Waals surface area contributed by atoms with Crippen LogP contribution in [0.3, 0.4) is 0 Å². The smallest absolute Gasteiger partial charge is 0.290 e. The monoisotopic (exact) mass is 444 g/mol. The number of nitrogens with one attached hydrogen (secondary N) is 1. The van der Waals surface area contributed by atoms with Gasteiger partial charge in [-0.25, -0.2) is 4.98 Å². The third-order valence-electron chi connectivity index (χ3n) is 5.45. The van der Waals surface area contributed by atoms with E-state index in [4.69, 9.17) is 14.6 Å². The predicted octanol–water partition coefficient (Wildman–Crippen LogP) is 2.78. The van der Waals surface area contributed by atoms with Gasteiger partial charge in [0.1, 0.15) is 5.82 Å². The average Bonchev–Trinajstić information content (AvgIpc) is 3.41. The van der Waals surface area contributed by atoms with Crippen LogP contribution in [0.15, 0.2) is 46.3 Å². The summed E-state index contributed by atoms with van der Waals surface area (Å²) in [6.07, 6.45) is 6.96. The van der Waals surface area contributed by atoms with Crippen molar-refractivity contribution in [1.82, 2.24) is 19.4 Å². The second-order valence-corrected chi connectivity index (χ2v) is 8.30. The highest BCUT2D eigenvalue weighted by molar-refractivity contribution is 7.98. The van der Waals surface area contributed by atoms with Crippen molar-refractivity contribution >= 4 is 29.1 Å². The van der Waals surface area contributed by atoms with E-state index in [2.05, 4.69) is 31.6 Å². The summed E-state index contributed by atoms with van der Waals surface area (Å²) in [5.74, 6) is 1.31. The van der Waals surface area contributed by atoms with Gasteiger partial charge in [-0.1, -0.05) is 6.07 Å². The largest absolute Gasteiger partial charge is 0.483 e. The Balaban J connectivity index is 0.000000858. The molecule has 0 amide bonds. The van der Waals surface area contributed by atoms with Crippen LogP contribution >= 0.6 is 11.8 Å². The molecule has 0 radical (unpaired) electrons. The summed E-state index contributed by atoms with van der Waals surface area (Å²) in [6.45, 7) is 4.54.